The monoisotopic (exact) mass is 341 g/mol. The molecule has 0 fully saturated rings. The largest absolute Gasteiger partial charge is 0.493 e. The number of H-pyrrole nitrogens is 2. The summed E-state index contributed by atoms with van der Waals surface area (Å²) in [5.41, 5.74) is 3.07. The van der Waals surface area contributed by atoms with Gasteiger partial charge in [-0.1, -0.05) is 11.3 Å². The summed E-state index contributed by atoms with van der Waals surface area (Å²) in [5.74, 6) is 0.484. The van der Waals surface area contributed by atoms with Crippen LogP contribution in [0.25, 0.3) is 21.3 Å². The number of nitrogens with one attached hydrogen (secondary N) is 2. The lowest BCUT2D eigenvalue weighted by Gasteiger charge is -2.01. The molecule has 0 aliphatic rings. The topological polar surface area (TPSA) is 100 Å². The van der Waals surface area contributed by atoms with E-state index in [1.54, 1.807) is 30.5 Å². The first kappa shape index (κ1) is 14.5. The van der Waals surface area contributed by atoms with Crippen molar-refractivity contribution in [1.29, 1.82) is 0 Å². The molecule has 7 nitrogen and oxygen atoms in total. The first-order valence-corrected chi connectivity index (χ1v) is 7.82. The maximum Gasteiger partial charge on any atom is 0.396 e. The average Bonchev–Trinajstić information content (AvgIpc) is 3.11. The Balaban J connectivity index is 1.75. The number of hydrogen-bond acceptors (Lipinski definition) is 6. The van der Waals surface area contributed by atoms with Crippen LogP contribution in [0, 0.1) is 0 Å². The Morgan fingerprint density at radius 1 is 1.17 bits per heavy atom. The normalized spacial score (nSPS) is 11.7. The van der Waals surface area contributed by atoms with Crippen molar-refractivity contribution in [3.05, 3.63) is 56.1 Å². The van der Waals surface area contributed by atoms with Crippen LogP contribution in [0.4, 0.5) is 5.69 Å². The van der Waals surface area contributed by atoms with Gasteiger partial charge in [-0.15, -0.1) is 0 Å². The predicted octanol–water partition coefficient (Wildman–Crippen LogP) is 2.78. The lowest BCUT2D eigenvalue weighted by atomic mass is 10.2. The molecule has 2 heterocycles. The fraction of sp³-hybridized carbons (Fsp3) is 0.0625. The first-order chi connectivity index (χ1) is 11.6. The summed E-state index contributed by atoms with van der Waals surface area (Å²) < 4.78 is 11.1. The molecule has 0 aliphatic heterocycles. The molecule has 0 atom stereocenters. The van der Waals surface area contributed by atoms with Crippen LogP contribution in [0.15, 0.2) is 49.3 Å². The number of imidazole rings is 1. The number of benzene rings is 2. The Kier molecular flexibility index (Phi) is 3.31. The van der Waals surface area contributed by atoms with Crippen molar-refractivity contribution in [2.24, 2.45) is 4.99 Å². The highest BCUT2D eigenvalue weighted by atomic mass is 32.1. The molecule has 2 aromatic heterocycles. The zero-order chi connectivity index (χ0) is 16.7. The highest BCUT2D eigenvalue weighted by Crippen LogP contribution is 2.29. The van der Waals surface area contributed by atoms with Crippen molar-refractivity contribution >= 4 is 44.6 Å². The third kappa shape index (κ3) is 2.52. The minimum Gasteiger partial charge on any atom is -0.493 e. The number of rotatable bonds is 3. The molecule has 4 aromatic rings. The third-order valence-corrected chi connectivity index (χ3v) is 4.28. The summed E-state index contributed by atoms with van der Waals surface area (Å²) in [4.78, 5) is 32.1. The van der Waals surface area contributed by atoms with E-state index in [2.05, 4.69) is 15.0 Å². The van der Waals surface area contributed by atoms with E-state index < -0.39 is 0 Å². The van der Waals surface area contributed by atoms with Gasteiger partial charge in [0.25, 0.3) is 0 Å². The van der Waals surface area contributed by atoms with Gasteiger partial charge in [0.05, 0.1) is 28.5 Å². The number of hydrogen-bond donors (Lipinski definition) is 2. The summed E-state index contributed by atoms with van der Waals surface area (Å²) in [6.07, 6.45) is 1.66. The van der Waals surface area contributed by atoms with Gasteiger partial charge in [0, 0.05) is 6.21 Å². The van der Waals surface area contributed by atoms with Crippen molar-refractivity contribution in [1.82, 2.24) is 9.97 Å². The van der Waals surface area contributed by atoms with Crippen LogP contribution in [0.5, 0.6) is 5.75 Å². The molecule has 0 spiro atoms. The molecule has 0 aliphatic carbocycles. The smallest absolute Gasteiger partial charge is 0.396 e. The molecule has 8 heteroatoms. The van der Waals surface area contributed by atoms with Crippen LogP contribution in [0.3, 0.4) is 0 Å². The Morgan fingerprint density at radius 2 is 2.00 bits per heavy atom. The van der Waals surface area contributed by atoms with Gasteiger partial charge < -0.3 is 19.1 Å². The lowest BCUT2D eigenvalue weighted by Crippen LogP contribution is -1.99. The van der Waals surface area contributed by atoms with Gasteiger partial charge in [0.2, 0.25) is 0 Å². The molecule has 0 bridgehead atoms. The highest BCUT2D eigenvalue weighted by molar-refractivity contribution is 7.16. The second-order valence-electron chi connectivity index (χ2n) is 5.07. The molecular weight excluding hydrogens is 330 g/mol. The van der Waals surface area contributed by atoms with Crippen LogP contribution >= 0.6 is 11.3 Å². The SMILES string of the molecule is COc1cc(C=Nc2ccc3[nH]c(=O)[nH]c3c2)cc2sc(=O)oc12. The van der Waals surface area contributed by atoms with E-state index in [9.17, 15) is 9.59 Å². The number of aliphatic imine (C=N–C) groups is 1. The lowest BCUT2D eigenvalue weighted by molar-refractivity contribution is 0.408. The minimum atomic E-state index is -0.376. The van der Waals surface area contributed by atoms with Crippen molar-refractivity contribution < 1.29 is 9.15 Å². The van der Waals surface area contributed by atoms with Gasteiger partial charge in [-0.05, 0) is 35.9 Å². The summed E-state index contributed by atoms with van der Waals surface area (Å²) in [7, 11) is 1.52. The Labute approximate surface area is 138 Å². The van der Waals surface area contributed by atoms with Crippen LogP contribution in [0.2, 0.25) is 0 Å². The average molecular weight is 341 g/mol. The van der Waals surface area contributed by atoms with E-state index in [-0.39, 0.29) is 10.6 Å². The molecule has 4 rings (SSSR count). The van der Waals surface area contributed by atoms with Crippen molar-refractivity contribution in [3.63, 3.8) is 0 Å². The van der Waals surface area contributed by atoms with E-state index in [0.29, 0.717) is 27.2 Å². The maximum atomic E-state index is 11.4. The second kappa shape index (κ2) is 5.50. The second-order valence-corrected chi connectivity index (χ2v) is 6.05. The zero-order valence-corrected chi connectivity index (χ0v) is 13.3. The van der Waals surface area contributed by atoms with E-state index >= 15 is 0 Å². The van der Waals surface area contributed by atoms with Gasteiger partial charge in [-0.2, -0.15) is 0 Å². The van der Waals surface area contributed by atoms with Crippen LogP contribution in [0.1, 0.15) is 5.56 Å². The highest BCUT2D eigenvalue weighted by Gasteiger charge is 2.10. The fourth-order valence-electron chi connectivity index (χ4n) is 2.44. The molecule has 0 radical (unpaired) electrons. The molecule has 0 saturated heterocycles. The Hall–Kier alpha value is -3.13. The molecule has 24 heavy (non-hydrogen) atoms. The van der Waals surface area contributed by atoms with Gasteiger partial charge in [-0.3, -0.25) is 4.99 Å². The Bertz CT molecular complexity index is 1200. The van der Waals surface area contributed by atoms with Crippen LogP contribution in [-0.2, 0) is 0 Å². The van der Waals surface area contributed by atoms with Gasteiger partial charge in [-0.25, -0.2) is 9.59 Å². The van der Waals surface area contributed by atoms with Gasteiger partial charge in [0.15, 0.2) is 11.3 Å². The van der Waals surface area contributed by atoms with Crippen molar-refractivity contribution in [2.75, 3.05) is 7.11 Å². The summed E-state index contributed by atoms with van der Waals surface area (Å²) in [6.45, 7) is 0. The van der Waals surface area contributed by atoms with E-state index in [1.807, 2.05) is 6.07 Å². The molecule has 120 valence electrons. The summed E-state index contributed by atoms with van der Waals surface area (Å²) in [6, 6.07) is 8.92. The third-order valence-electron chi connectivity index (χ3n) is 3.50. The molecule has 0 amide bonds. The first-order valence-electron chi connectivity index (χ1n) is 7.00. The number of ether oxygens (including phenoxy) is 1. The van der Waals surface area contributed by atoms with Gasteiger partial charge in [0.1, 0.15) is 0 Å². The number of fused-ring (bicyclic) bond motifs is 2. The maximum absolute atomic E-state index is 11.4. The van der Waals surface area contributed by atoms with E-state index in [0.717, 1.165) is 22.4 Å². The number of methoxy groups -OCH3 is 1. The standard InChI is InChI=1S/C16H11N3O4S/c1-22-12-4-8(5-13-14(12)23-16(21)24-13)7-17-9-2-3-10-11(6-9)19-15(20)18-10/h2-7H,1H3,(H2,18,19,20). The molecular formula is C16H11N3O4S. The van der Waals surface area contributed by atoms with Crippen molar-refractivity contribution in [2.45, 2.75) is 0 Å². The van der Waals surface area contributed by atoms with Gasteiger partial charge >= 0.3 is 10.6 Å². The summed E-state index contributed by atoms with van der Waals surface area (Å²) in [5, 5.41) is 0. The number of aromatic amines is 2. The summed E-state index contributed by atoms with van der Waals surface area (Å²) >= 11 is 1.01. The van der Waals surface area contributed by atoms with Crippen LogP contribution < -0.4 is 15.4 Å². The Morgan fingerprint density at radius 3 is 2.83 bits per heavy atom. The van der Waals surface area contributed by atoms with Crippen LogP contribution in [-0.4, -0.2) is 23.3 Å². The molecule has 0 unspecified atom stereocenters. The molecule has 2 aromatic carbocycles. The quantitative estimate of drug-likeness (QED) is 0.560. The predicted molar refractivity (Wildman–Crippen MR) is 93.1 cm³/mol. The zero-order valence-electron chi connectivity index (χ0n) is 12.5. The number of nitrogens with zero attached hydrogens (tertiary/aromatic N) is 1. The van der Waals surface area contributed by atoms with Crippen molar-refractivity contribution in [3.8, 4) is 5.75 Å². The molecule has 0 saturated carbocycles. The van der Waals surface area contributed by atoms with E-state index in [1.165, 1.54) is 7.11 Å². The van der Waals surface area contributed by atoms with E-state index in [4.69, 9.17) is 9.15 Å². The molecule has 2 N–H and O–H groups in total. The minimum absolute atomic E-state index is 0.254. The number of aromatic nitrogens is 2. The fourth-order valence-corrected chi connectivity index (χ4v) is 3.18.